The largest absolute Gasteiger partial charge is 0.446 e. The third kappa shape index (κ3) is 9.19. The lowest BCUT2D eigenvalue weighted by molar-refractivity contribution is 0.267. The summed E-state index contributed by atoms with van der Waals surface area (Å²) < 4.78 is 5.32. The quantitative estimate of drug-likeness (QED) is 0.439. The second-order valence-electron chi connectivity index (χ2n) is 4.92. The standard InChI is InChI=1S/C18H26O/c1-2-3-4-5-6-7-8-12-16-19-17-15-18-13-10-9-11-14-18/h9-11,13-14H,2-8,12,16H2,1H3. The fraction of sp³-hybridized carbons (Fsp3) is 0.556. The van der Waals surface area contributed by atoms with E-state index in [2.05, 4.69) is 19.0 Å². The summed E-state index contributed by atoms with van der Waals surface area (Å²) in [6.07, 6.45) is 13.4. The lowest BCUT2D eigenvalue weighted by atomic mass is 10.1. The van der Waals surface area contributed by atoms with Crippen molar-refractivity contribution in [2.75, 3.05) is 6.61 Å². The van der Waals surface area contributed by atoms with E-state index in [-0.39, 0.29) is 0 Å². The van der Waals surface area contributed by atoms with Crippen molar-refractivity contribution in [3.63, 3.8) is 0 Å². The van der Waals surface area contributed by atoms with Gasteiger partial charge in [-0.1, -0.05) is 70.1 Å². The Morgan fingerprint density at radius 3 is 2.16 bits per heavy atom. The van der Waals surface area contributed by atoms with Crippen molar-refractivity contribution in [2.45, 2.75) is 58.3 Å². The first-order valence-corrected chi connectivity index (χ1v) is 7.61. The second kappa shape index (κ2) is 11.7. The molecule has 1 nitrogen and oxygen atoms in total. The van der Waals surface area contributed by atoms with Crippen LogP contribution < -0.4 is 0 Å². The highest BCUT2D eigenvalue weighted by molar-refractivity contribution is 5.32. The van der Waals surface area contributed by atoms with E-state index in [4.69, 9.17) is 4.74 Å². The summed E-state index contributed by atoms with van der Waals surface area (Å²) in [5.74, 6) is 3.00. The van der Waals surface area contributed by atoms with Gasteiger partial charge in [0, 0.05) is 5.56 Å². The predicted octanol–water partition coefficient (Wildman–Crippen LogP) is 5.15. The Hall–Kier alpha value is -1.42. The summed E-state index contributed by atoms with van der Waals surface area (Å²) in [6.45, 7) is 3.02. The molecule has 19 heavy (non-hydrogen) atoms. The zero-order chi connectivity index (χ0) is 13.6. The normalized spacial score (nSPS) is 9.74. The van der Waals surface area contributed by atoms with Gasteiger partial charge in [-0.25, -0.2) is 0 Å². The van der Waals surface area contributed by atoms with Gasteiger partial charge in [-0.2, -0.15) is 0 Å². The van der Waals surface area contributed by atoms with E-state index in [1.54, 1.807) is 0 Å². The van der Waals surface area contributed by atoms with Crippen LogP contribution in [-0.4, -0.2) is 6.61 Å². The van der Waals surface area contributed by atoms with E-state index in [9.17, 15) is 0 Å². The molecule has 0 aliphatic carbocycles. The maximum absolute atomic E-state index is 5.32. The SMILES string of the molecule is CCCCCCCCCCOC#Cc1ccccc1. The maximum Gasteiger partial charge on any atom is 0.115 e. The molecular formula is C18H26O. The van der Waals surface area contributed by atoms with Crippen molar-refractivity contribution in [2.24, 2.45) is 0 Å². The predicted molar refractivity (Wildman–Crippen MR) is 81.9 cm³/mol. The zero-order valence-corrected chi connectivity index (χ0v) is 12.2. The summed E-state index contributed by atoms with van der Waals surface area (Å²) in [5.41, 5.74) is 1.01. The Balaban J connectivity index is 1.90. The van der Waals surface area contributed by atoms with Crippen molar-refractivity contribution >= 4 is 0 Å². The minimum absolute atomic E-state index is 0.759. The molecule has 0 heterocycles. The summed E-state index contributed by atoms with van der Waals surface area (Å²) in [5, 5.41) is 0. The molecule has 0 aromatic heterocycles. The lowest BCUT2D eigenvalue weighted by Gasteiger charge is -2.00. The van der Waals surface area contributed by atoms with Crippen molar-refractivity contribution in [1.29, 1.82) is 0 Å². The van der Waals surface area contributed by atoms with Crippen molar-refractivity contribution in [1.82, 2.24) is 0 Å². The molecule has 1 aromatic rings. The summed E-state index contributed by atoms with van der Waals surface area (Å²) >= 11 is 0. The first kappa shape index (κ1) is 15.6. The first-order chi connectivity index (χ1) is 9.43. The van der Waals surface area contributed by atoms with Gasteiger partial charge >= 0.3 is 0 Å². The van der Waals surface area contributed by atoms with E-state index in [1.165, 1.54) is 44.9 Å². The Kier molecular flexibility index (Phi) is 9.59. The zero-order valence-electron chi connectivity index (χ0n) is 12.2. The van der Waals surface area contributed by atoms with Crippen LogP contribution in [0.3, 0.4) is 0 Å². The minimum atomic E-state index is 0.759. The minimum Gasteiger partial charge on any atom is -0.446 e. The number of ether oxygens (including phenoxy) is 1. The van der Waals surface area contributed by atoms with E-state index in [0.717, 1.165) is 18.6 Å². The van der Waals surface area contributed by atoms with E-state index in [1.807, 2.05) is 30.3 Å². The molecule has 1 aromatic carbocycles. The molecule has 104 valence electrons. The average Bonchev–Trinajstić information content (AvgIpc) is 2.46. The van der Waals surface area contributed by atoms with Crippen molar-refractivity contribution in [3.8, 4) is 12.0 Å². The van der Waals surface area contributed by atoms with Crippen LogP contribution in [0.4, 0.5) is 0 Å². The monoisotopic (exact) mass is 258 g/mol. The molecule has 0 unspecified atom stereocenters. The molecule has 0 saturated carbocycles. The highest BCUT2D eigenvalue weighted by Gasteiger charge is 1.91. The molecule has 1 rings (SSSR count). The molecule has 0 bridgehead atoms. The molecule has 0 fully saturated rings. The number of unbranched alkanes of at least 4 members (excludes halogenated alkanes) is 7. The van der Waals surface area contributed by atoms with Crippen molar-refractivity contribution in [3.05, 3.63) is 35.9 Å². The average molecular weight is 258 g/mol. The van der Waals surface area contributed by atoms with E-state index < -0.39 is 0 Å². The van der Waals surface area contributed by atoms with Gasteiger partial charge in [0.05, 0.1) is 0 Å². The molecule has 0 atom stereocenters. The van der Waals surface area contributed by atoms with Gasteiger partial charge in [-0.05, 0) is 24.5 Å². The number of benzene rings is 1. The fourth-order valence-electron chi connectivity index (χ4n) is 1.98. The Morgan fingerprint density at radius 1 is 0.842 bits per heavy atom. The van der Waals surface area contributed by atoms with Crippen LogP contribution in [0, 0.1) is 12.0 Å². The Labute approximate surface area is 118 Å². The summed E-state index contributed by atoms with van der Waals surface area (Å²) in [6, 6.07) is 9.96. The van der Waals surface area contributed by atoms with Crippen LogP contribution in [0.1, 0.15) is 63.9 Å². The Bertz CT molecular complexity index is 358. The second-order valence-corrected chi connectivity index (χ2v) is 4.92. The van der Waals surface area contributed by atoms with Gasteiger partial charge in [-0.15, -0.1) is 0 Å². The van der Waals surface area contributed by atoms with Gasteiger partial charge in [0.2, 0.25) is 0 Å². The van der Waals surface area contributed by atoms with Gasteiger partial charge in [0.25, 0.3) is 0 Å². The number of hydrogen-bond acceptors (Lipinski definition) is 1. The number of rotatable bonds is 9. The molecule has 0 N–H and O–H groups in total. The van der Waals surface area contributed by atoms with Crippen LogP contribution in [0.5, 0.6) is 0 Å². The van der Waals surface area contributed by atoms with Crippen LogP contribution in [0.2, 0.25) is 0 Å². The fourth-order valence-corrected chi connectivity index (χ4v) is 1.98. The lowest BCUT2D eigenvalue weighted by Crippen LogP contribution is -1.88. The molecule has 1 heteroatoms. The van der Waals surface area contributed by atoms with Gasteiger partial charge < -0.3 is 4.74 Å². The van der Waals surface area contributed by atoms with Gasteiger partial charge in [0.1, 0.15) is 12.7 Å². The molecule has 0 aliphatic rings. The highest BCUT2D eigenvalue weighted by atomic mass is 16.5. The Morgan fingerprint density at radius 2 is 1.47 bits per heavy atom. The van der Waals surface area contributed by atoms with Gasteiger partial charge in [0.15, 0.2) is 0 Å². The third-order valence-electron chi connectivity index (χ3n) is 3.14. The van der Waals surface area contributed by atoms with Crippen LogP contribution in [0.25, 0.3) is 0 Å². The molecule has 0 saturated heterocycles. The van der Waals surface area contributed by atoms with Gasteiger partial charge in [-0.3, -0.25) is 0 Å². The highest BCUT2D eigenvalue weighted by Crippen LogP contribution is 2.08. The number of hydrogen-bond donors (Lipinski definition) is 0. The molecule has 0 radical (unpaired) electrons. The van der Waals surface area contributed by atoms with Crippen LogP contribution in [0.15, 0.2) is 30.3 Å². The third-order valence-corrected chi connectivity index (χ3v) is 3.14. The van der Waals surface area contributed by atoms with E-state index in [0.29, 0.717) is 0 Å². The first-order valence-electron chi connectivity index (χ1n) is 7.61. The summed E-state index contributed by atoms with van der Waals surface area (Å²) in [7, 11) is 0. The summed E-state index contributed by atoms with van der Waals surface area (Å²) in [4.78, 5) is 0. The maximum atomic E-state index is 5.32. The molecular weight excluding hydrogens is 232 g/mol. The van der Waals surface area contributed by atoms with Crippen LogP contribution in [-0.2, 0) is 4.74 Å². The molecule has 0 amide bonds. The van der Waals surface area contributed by atoms with Crippen LogP contribution >= 0.6 is 0 Å². The molecule has 0 spiro atoms. The smallest absolute Gasteiger partial charge is 0.115 e. The van der Waals surface area contributed by atoms with Crippen molar-refractivity contribution < 1.29 is 4.74 Å². The van der Waals surface area contributed by atoms with E-state index >= 15 is 0 Å². The topological polar surface area (TPSA) is 9.23 Å². The molecule has 0 aliphatic heterocycles.